The average Bonchev–Trinajstić information content (AvgIpc) is 2.22. The first-order valence-electron chi connectivity index (χ1n) is 5.36. The fourth-order valence-corrected chi connectivity index (χ4v) is 1.92. The number of aliphatic imine (C=N–C) groups is 1. The van der Waals surface area contributed by atoms with Crippen LogP contribution in [0.5, 0.6) is 0 Å². The Hall–Kier alpha value is -1.38. The highest BCUT2D eigenvalue weighted by Crippen LogP contribution is 2.23. The molecule has 3 heteroatoms. The van der Waals surface area contributed by atoms with Crippen LogP contribution in [0.2, 0.25) is 0 Å². The van der Waals surface area contributed by atoms with Crippen molar-refractivity contribution in [2.75, 3.05) is 6.54 Å². The third kappa shape index (κ3) is 2.01. The molecule has 0 amide bonds. The highest BCUT2D eigenvalue weighted by atomic mass is 15.5. The fourth-order valence-electron chi connectivity index (χ4n) is 1.92. The van der Waals surface area contributed by atoms with Gasteiger partial charge in [0, 0.05) is 11.4 Å². The van der Waals surface area contributed by atoms with E-state index < -0.39 is 0 Å². The number of hydrogen-bond donors (Lipinski definition) is 0. The Bertz CT molecular complexity index is 397. The molecular weight excluding hydrogens is 186 g/mol. The molecule has 0 aromatic heterocycles. The van der Waals surface area contributed by atoms with Crippen LogP contribution in [0.1, 0.15) is 27.7 Å². The van der Waals surface area contributed by atoms with Crippen molar-refractivity contribution in [1.29, 1.82) is 0 Å². The molecule has 0 fully saturated rings. The van der Waals surface area contributed by atoms with Crippen LogP contribution in [0.15, 0.2) is 33.6 Å². The summed E-state index contributed by atoms with van der Waals surface area (Å²) in [6, 6.07) is 0. The number of rotatable bonds is 1. The van der Waals surface area contributed by atoms with Gasteiger partial charge in [-0.2, -0.15) is 5.10 Å². The van der Waals surface area contributed by atoms with Gasteiger partial charge < -0.3 is 0 Å². The van der Waals surface area contributed by atoms with E-state index in [1.807, 2.05) is 13.8 Å². The summed E-state index contributed by atoms with van der Waals surface area (Å²) < 4.78 is 0. The van der Waals surface area contributed by atoms with E-state index in [0.29, 0.717) is 5.92 Å². The summed E-state index contributed by atoms with van der Waals surface area (Å²) in [7, 11) is 0. The minimum absolute atomic E-state index is 0.476. The maximum atomic E-state index is 4.56. The van der Waals surface area contributed by atoms with Gasteiger partial charge in [-0.3, -0.25) is 10.0 Å². The lowest BCUT2D eigenvalue weighted by atomic mass is 10.1. The van der Waals surface area contributed by atoms with Crippen molar-refractivity contribution in [3.63, 3.8) is 0 Å². The lowest BCUT2D eigenvalue weighted by Crippen LogP contribution is -2.25. The van der Waals surface area contributed by atoms with E-state index in [4.69, 9.17) is 0 Å². The van der Waals surface area contributed by atoms with Gasteiger partial charge in [-0.1, -0.05) is 13.8 Å². The van der Waals surface area contributed by atoms with Crippen LogP contribution in [-0.2, 0) is 0 Å². The van der Waals surface area contributed by atoms with Gasteiger partial charge in [-0.15, -0.1) is 0 Å². The molecule has 0 aromatic rings. The number of hydrogen-bond acceptors (Lipinski definition) is 3. The molecule has 80 valence electrons. The van der Waals surface area contributed by atoms with Crippen molar-refractivity contribution in [3.05, 3.63) is 23.5 Å². The van der Waals surface area contributed by atoms with Gasteiger partial charge in [-0.05, 0) is 31.9 Å². The van der Waals surface area contributed by atoms with Crippen LogP contribution in [0.4, 0.5) is 0 Å². The van der Waals surface area contributed by atoms with E-state index in [9.17, 15) is 0 Å². The van der Waals surface area contributed by atoms with Crippen LogP contribution in [-0.4, -0.2) is 23.0 Å². The molecule has 0 spiro atoms. The maximum Gasteiger partial charge on any atom is 0.0835 e. The molecule has 0 atom stereocenters. The molecule has 2 bridgehead atoms. The zero-order valence-corrected chi connectivity index (χ0v) is 9.78. The monoisotopic (exact) mass is 203 g/mol. The molecule has 0 aliphatic carbocycles. The average molecular weight is 203 g/mol. The lowest BCUT2D eigenvalue weighted by Gasteiger charge is -2.26. The van der Waals surface area contributed by atoms with Gasteiger partial charge in [0.15, 0.2) is 0 Å². The molecule has 2 heterocycles. The quantitative estimate of drug-likeness (QED) is 0.643. The SMILES string of the molecule is CC1=NC2=CC(C)=NN(C2)C(C(C)C)=C1. The summed E-state index contributed by atoms with van der Waals surface area (Å²) in [6.45, 7) is 9.24. The highest BCUT2D eigenvalue weighted by molar-refractivity contribution is 5.98. The predicted octanol–water partition coefficient (Wildman–Crippen LogP) is 2.58. The summed E-state index contributed by atoms with van der Waals surface area (Å²) in [4.78, 5) is 4.56. The Kier molecular flexibility index (Phi) is 2.47. The van der Waals surface area contributed by atoms with Crippen LogP contribution in [0.25, 0.3) is 0 Å². The number of nitrogens with zero attached hydrogens (tertiary/aromatic N) is 3. The number of fused-ring (bicyclic) bond motifs is 2. The Labute approximate surface area is 90.9 Å². The molecule has 15 heavy (non-hydrogen) atoms. The molecule has 3 nitrogen and oxygen atoms in total. The fraction of sp³-hybridized carbons (Fsp3) is 0.500. The molecule has 2 aliphatic heterocycles. The highest BCUT2D eigenvalue weighted by Gasteiger charge is 2.20. The van der Waals surface area contributed by atoms with Crippen LogP contribution in [0.3, 0.4) is 0 Å². The van der Waals surface area contributed by atoms with E-state index >= 15 is 0 Å². The van der Waals surface area contributed by atoms with E-state index in [2.05, 4.69) is 41.1 Å². The summed E-state index contributed by atoms with van der Waals surface area (Å²) >= 11 is 0. The van der Waals surface area contributed by atoms with Crippen molar-refractivity contribution >= 4 is 11.4 Å². The van der Waals surface area contributed by atoms with Gasteiger partial charge in [0.05, 0.1) is 18.0 Å². The molecule has 2 aliphatic rings. The van der Waals surface area contributed by atoms with Gasteiger partial charge in [-0.25, -0.2) is 0 Å². The van der Waals surface area contributed by atoms with Gasteiger partial charge in [0.2, 0.25) is 0 Å². The second-order valence-electron chi connectivity index (χ2n) is 4.41. The second-order valence-corrected chi connectivity index (χ2v) is 4.41. The van der Waals surface area contributed by atoms with Crippen molar-refractivity contribution in [1.82, 2.24) is 5.01 Å². The standard InChI is InChI=1S/C12H17N3/c1-8(2)12-6-9(3)13-11-5-10(4)14-15(12)7-11/h5-6,8H,7H2,1-4H3. The third-order valence-electron chi connectivity index (χ3n) is 2.53. The first kappa shape index (κ1) is 10.1. The van der Waals surface area contributed by atoms with Crippen LogP contribution in [0, 0.1) is 5.92 Å². The molecule has 0 radical (unpaired) electrons. The molecular formula is C12H17N3. The summed E-state index contributed by atoms with van der Waals surface area (Å²) in [5.41, 5.74) is 4.45. The normalized spacial score (nSPS) is 20.5. The molecule has 0 unspecified atom stereocenters. The lowest BCUT2D eigenvalue weighted by molar-refractivity contribution is 0.351. The van der Waals surface area contributed by atoms with Gasteiger partial charge >= 0.3 is 0 Å². The molecule has 0 saturated carbocycles. The van der Waals surface area contributed by atoms with E-state index in [0.717, 1.165) is 23.7 Å². The van der Waals surface area contributed by atoms with Gasteiger partial charge in [0.1, 0.15) is 0 Å². The molecule has 0 N–H and O–H groups in total. The predicted molar refractivity (Wildman–Crippen MR) is 63.9 cm³/mol. The first-order chi connectivity index (χ1) is 7.06. The Morgan fingerprint density at radius 3 is 2.60 bits per heavy atom. The van der Waals surface area contributed by atoms with E-state index in [-0.39, 0.29) is 0 Å². The van der Waals surface area contributed by atoms with Crippen molar-refractivity contribution in [3.8, 4) is 0 Å². The third-order valence-corrected chi connectivity index (χ3v) is 2.53. The maximum absolute atomic E-state index is 4.56. The van der Waals surface area contributed by atoms with Crippen LogP contribution < -0.4 is 0 Å². The minimum Gasteiger partial charge on any atom is -0.263 e. The molecule has 0 saturated heterocycles. The second kappa shape index (κ2) is 3.65. The van der Waals surface area contributed by atoms with Crippen LogP contribution >= 0.6 is 0 Å². The van der Waals surface area contributed by atoms with E-state index in [1.165, 1.54) is 5.70 Å². The smallest absolute Gasteiger partial charge is 0.0835 e. The Morgan fingerprint density at radius 1 is 1.20 bits per heavy atom. The van der Waals surface area contributed by atoms with E-state index in [1.54, 1.807) is 0 Å². The summed E-state index contributed by atoms with van der Waals surface area (Å²) in [6.07, 6.45) is 4.19. The Morgan fingerprint density at radius 2 is 1.93 bits per heavy atom. The topological polar surface area (TPSA) is 28.0 Å². The Balaban J connectivity index is 2.45. The van der Waals surface area contributed by atoms with Crippen molar-refractivity contribution < 1.29 is 0 Å². The molecule has 2 rings (SSSR count). The van der Waals surface area contributed by atoms with Crippen molar-refractivity contribution in [2.24, 2.45) is 16.0 Å². The van der Waals surface area contributed by atoms with Crippen molar-refractivity contribution in [2.45, 2.75) is 27.7 Å². The van der Waals surface area contributed by atoms with Gasteiger partial charge in [0.25, 0.3) is 0 Å². The molecule has 0 aromatic carbocycles. The first-order valence-corrected chi connectivity index (χ1v) is 5.36. The summed E-state index contributed by atoms with van der Waals surface area (Å²) in [5, 5.41) is 6.60. The zero-order valence-electron chi connectivity index (χ0n) is 9.78. The zero-order chi connectivity index (χ0) is 11.0. The minimum atomic E-state index is 0.476. The largest absolute Gasteiger partial charge is 0.263 e. The number of hydrazone groups is 1. The number of allylic oxidation sites excluding steroid dienone is 3. The summed E-state index contributed by atoms with van der Waals surface area (Å²) in [5.74, 6) is 0.476.